The van der Waals surface area contributed by atoms with E-state index < -0.39 is 6.48 Å². The number of nitrogens with one attached hydrogen (secondary N) is 3. The van der Waals surface area contributed by atoms with Gasteiger partial charge in [0.1, 0.15) is 0 Å². The summed E-state index contributed by atoms with van der Waals surface area (Å²) in [4.78, 5) is 42.0. The molecule has 3 amide bonds. The van der Waals surface area contributed by atoms with Crippen LogP contribution in [0.2, 0.25) is 0 Å². The summed E-state index contributed by atoms with van der Waals surface area (Å²) in [6.07, 6.45) is 2.24. The molecule has 3 rings (SSSR count). The number of hydrazone groups is 1. The second-order valence-electron chi connectivity index (χ2n) is 9.55. The number of nitrogens with zero attached hydrogens (tertiary/aromatic N) is 1. The van der Waals surface area contributed by atoms with Gasteiger partial charge in [-0.25, -0.2) is 17.1 Å². The van der Waals surface area contributed by atoms with Crippen molar-refractivity contribution in [2.45, 2.75) is 60.4 Å². The Balaban J connectivity index is -0.000000606. The minimum Gasteiger partial charge on any atom is -0.482 e. The van der Waals surface area contributed by atoms with E-state index in [1.807, 2.05) is 119 Å². The number of ether oxygens (including phenoxy) is 5. The van der Waals surface area contributed by atoms with Crippen molar-refractivity contribution in [3.63, 3.8) is 0 Å². The van der Waals surface area contributed by atoms with Crippen molar-refractivity contribution in [3.05, 3.63) is 108 Å². The van der Waals surface area contributed by atoms with Crippen molar-refractivity contribution < 1.29 is 48.3 Å². The molecule has 0 aliphatic carbocycles. The normalized spacial score (nSPS) is 9.36. The Morgan fingerprint density at radius 2 is 0.925 bits per heavy atom. The first-order chi connectivity index (χ1) is 25.2. The highest BCUT2D eigenvalue weighted by atomic mass is 16.8. The van der Waals surface area contributed by atoms with E-state index in [2.05, 4.69) is 26.1 Å². The highest BCUT2D eigenvalue weighted by molar-refractivity contribution is 5.79. The molecular weight excluding hydrogens is 688 g/mol. The van der Waals surface area contributed by atoms with Crippen molar-refractivity contribution in [1.82, 2.24) is 16.3 Å². The molecule has 0 fully saturated rings. The monoisotopic (exact) mass is 747 g/mol. The largest absolute Gasteiger partial charge is 0.482 e. The molecular formula is C37H59N6O10+. The number of amides is 3. The lowest BCUT2D eigenvalue weighted by molar-refractivity contribution is -0.282. The molecule has 0 aliphatic rings. The molecule has 3 aromatic carbocycles. The van der Waals surface area contributed by atoms with Crippen molar-refractivity contribution in [2.75, 3.05) is 33.0 Å². The number of rotatable bonds is 17. The fourth-order valence-corrected chi connectivity index (χ4v) is 3.32. The summed E-state index contributed by atoms with van der Waals surface area (Å²) in [5.41, 5.74) is 9.42. The van der Waals surface area contributed by atoms with Crippen LogP contribution in [0, 0.1) is 0 Å². The molecule has 10 N–H and O–H groups in total. The number of hydrogen-bond donors (Lipinski definition) is 5. The van der Waals surface area contributed by atoms with E-state index in [0.717, 1.165) is 16.7 Å². The van der Waals surface area contributed by atoms with E-state index in [4.69, 9.17) is 30.6 Å². The average molecular weight is 748 g/mol. The Kier molecular flexibility index (Phi) is 38.9. The molecule has 0 bridgehead atoms. The van der Waals surface area contributed by atoms with Gasteiger partial charge >= 0.3 is 0 Å². The van der Waals surface area contributed by atoms with Gasteiger partial charge in [0.25, 0.3) is 12.9 Å². The Bertz CT molecular complexity index is 1240. The van der Waals surface area contributed by atoms with E-state index >= 15 is 0 Å². The number of hydrazine groups is 2. The molecule has 296 valence electrons. The van der Waals surface area contributed by atoms with Gasteiger partial charge in [0.15, 0.2) is 6.40 Å². The van der Waals surface area contributed by atoms with E-state index in [1.165, 1.54) is 6.40 Å². The van der Waals surface area contributed by atoms with Gasteiger partial charge in [0, 0.05) is 19.8 Å². The maximum atomic E-state index is 11.3. The summed E-state index contributed by atoms with van der Waals surface area (Å²) < 4.78 is 24.2. The molecule has 0 aromatic heterocycles. The Labute approximate surface area is 312 Å². The second kappa shape index (κ2) is 39.6. The van der Waals surface area contributed by atoms with Gasteiger partial charge in [-0.3, -0.25) is 30.0 Å². The number of carbonyl (C=O) groups is 4. The van der Waals surface area contributed by atoms with E-state index in [0.29, 0.717) is 58.8 Å². The summed E-state index contributed by atoms with van der Waals surface area (Å²) in [5, 5.41) is 3.61. The number of benzene rings is 3. The smallest absolute Gasteiger partial charge is 0.293 e. The van der Waals surface area contributed by atoms with Gasteiger partial charge in [-0.2, -0.15) is 0 Å². The van der Waals surface area contributed by atoms with Gasteiger partial charge in [-0.1, -0.05) is 91.0 Å². The average Bonchev–Trinajstić information content (AvgIpc) is 3.16. The molecule has 0 radical (unpaired) electrons. The zero-order chi connectivity index (χ0) is 39.1. The van der Waals surface area contributed by atoms with Crippen molar-refractivity contribution in [2.24, 2.45) is 16.8 Å². The standard InChI is InChI=1S/C11H14N2O2.2C8H10N2O.C7H16O3.C3H6O2.H2O/c1-2-15-9-12-13-11(14)8-10-6-4-3-5-7-10;2*9-10-8(11)6-7-4-2-1-3-5-7;1-4-8-7(9-5-2)10-6-3;1-2-5-3-4;/h3-7,9H,2,8H2,1H3,(H,13,14);2*1-5H,6,9H2,(H,10,11);7H,4-6H2,1-3H3;3H,2H2,1H3;1H2/p+1/b12-9+;;;;;. The third-order valence-electron chi connectivity index (χ3n) is 5.57. The van der Waals surface area contributed by atoms with E-state index in [-0.39, 0.29) is 23.2 Å². The van der Waals surface area contributed by atoms with Gasteiger partial charge in [-0.15, -0.1) is 5.10 Å². The van der Waals surface area contributed by atoms with Crippen LogP contribution >= 0.6 is 0 Å². The summed E-state index contributed by atoms with van der Waals surface area (Å²) in [5.74, 6) is 9.34. The lowest BCUT2D eigenvalue weighted by atomic mass is 10.1. The van der Waals surface area contributed by atoms with Crippen molar-refractivity contribution in [3.8, 4) is 0 Å². The highest BCUT2D eigenvalue weighted by Crippen LogP contribution is 2.00. The van der Waals surface area contributed by atoms with Crippen LogP contribution in [0.3, 0.4) is 0 Å². The Hall–Kier alpha value is -5.23. The summed E-state index contributed by atoms with van der Waals surface area (Å²) in [6.45, 7) is 12.1. The number of hydrogen-bond acceptors (Lipinski definition) is 12. The van der Waals surface area contributed by atoms with Gasteiger partial charge in [0.2, 0.25) is 17.7 Å². The summed E-state index contributed by atoms with van der Waals surface area (Å²) >= 11 is 0. The third kappa shape index (κ3) is 35.0. The summed E-state index contributed by atoms with van der Waals surface area (Å²) in [7, 11) is 0. The zero-order valence-corrected chi connectivity index (χ0v) is 31.4. The van der Waals surface area contributed by atoms with Crippen LogP contribution in [-0.4, -0.2) is 70.1 Å². The van der Waals surface area contributed by atoms with Crippen LogP contribution < -0.4 is 28.0 Å². The van der Waals surface area contributed by atoms with Gasteiger partial charge < -0.3 is 29.2 Å². The number of nitrogens with two attached hydrogens (primary N) is 2. The lowest BCUT2D eigenvalue weighted by Gasteiger charge is -2.15. The Morgan fingerprint density at radius 1 is 0.585 bits per heavy atom. The molecule has 0 spiro atoms. The summed E-state index contributed by atoms with van der Waals surface area (Å²) in [6, 6.07) is 28.4. The maximum Gasteiger partial charge on any atom is 0.293 e. The van der Waals surface area contributed by atoms with Crippen LogP contribution in [0.4, 0.5) is 0 Å². The van der Waals surface area contributed by atoms with Crippen LogP contribution in [0.1, 0.15) is 51.3 Å². The first-order valence-electron chi connectivity index (χ1n) is 16.7. The molecule has 0 unspecified atom stereocenters. The molecule has 16 heteroatoms. The molecule has 3 aromatic rings. The molecule has 0 aliphatic heterocycles. The van der Waals surface area contributed by atoms with Crippen molar-refractivity contribution >= 4 is 30.6 Å². The second-order valence-corrected chi connectivity index (χ2v) is 9.55. The van der Waals surface area contributed by atoms with Crippen LogP contribution in [0.25, 0.3) is 0 Å². The molecule has 53 heavy (non-hydrogen) atoms. The quantitative estimate of drug-likeness (QED) is 0.0196. The number of carbonyl (C=O) groups excluding carboxylic acids is 4. The van der Waals surface area contributed by atoms with E-state index in [9.17, 15) is 19.2 Å². The lowest BCUT2D eigenvalue weighted by Crippen LogP contribution is -2.31. The minimum absolute atomic E-state index is 0. The molecule has 0 atom stereocenters. The van der Waals surface area contributed by atoms with Crippen LogP contribution in [0.15, 0.2) is 96.1 Å². The molecule has 16 nitrogen and oxygen atoms in total. The predicted octanol–water partition coefficient (Wildman–Crippen LogP) is 2.40. The third-order valence-corrected chi connectivity index (χ3v) is 5.57. The van der Waals surface area contributed by atoms with Crippen LogP contribution in [0.5, 0.6) is 0 Å². The minimum atomic E-state index is -0.472. The maximum absolute atomic E-state index is 11.3. The van der Waals surface area contributed by atoms with Crippen LogP contribution in [-0.2, 0) is 67.6 Å². The topological polar surface area (TPSA) is 248 Å². The van der Waals surface area contributed by atoms with Gasteiger partial charge in [0.05, 0.1) is 32.5 Å². The van der Waals surface area contributed by atoms with Crippen molar-refractivity contribution in [1.29, 1.82) is 0 Å². The van der Waals surface area contributed by atoms with Gasteiger partial charge in [-0.05, 0) is 51.3 Å². The zero-order valence-electron chi connectivity index (χ0n) is 31.4. The molecule has 0 heterocycles. The predicted molar refractivity (Wildman–Crippen MR) is 205 cm³/mol. The molecule has 0 saturated heterocycles. The first-order valence-corrected chi connectivity index (χ1v) is 16.7. The van der Waals surface area contributed by atoms with E-state index in [1.54, 1.807) is 6.92 Å². The first kappa shape index (κ1) is 52.1. The Morgan fingerprint density at radius 3 is 1.19 bits per heavy atom. The fourth-order valence-electron chi connectivity index (χ4n) is 3.32. The SMILES string of the molecule is CCO/C=N/NC(=O)Cc1ccccc1.CCOC(OCC)OCC.CCOC=O.NNC(=O)Cc1ccccc1.NNC(=O)Cc1ccccc1.[OH3+]. The molecule has 0 saturated carbocycles. The highest BCUT2D eigenvalue weighted by Gasteiger charge is 2.05. The fraction of sp³-hybridized carbons (Fsp3) is 0.378.